The van der Waals surface area contributed by atoms with Crippen molar-refractivity contribution >= 4 is 34.5 Å². The van der Waals surface area contributed by atoms with Crippen LogP contribution < -0.4 is 0 Å². The van der Waals surface area contributed by atoms with Gasteiger partial charge in [-0.15, -0.1) is 0 Å². The number of methoxy groups -OCH3 is 1. The summed E-state index contributed by atoms with van der Waals surface area (Å²) in [5.41, 5.74) is 4.92. The van der Waals surface area contributed by atoms with E-state index in [1.165, 1.54) is 7.11 Å². The minimum Gasteiger partial charge on any atom is -0.467 e. The molecule has 0 saturated heterocycles. The molecule has 188 valence electrons. The van der Waals surface area contributed by atoms with Gasteiger partial charge in [0.15, 0.2) is 6.10 Å². The number of aryl methyl sites for hydroxylation is 2. The van der Waals surface area contributed by atoms with Crippen LogP contribution in [0, 0.1) is 20.8 Å². The largest absolute Gasteiger partial charge is 0.467 e. The fraction of sp³-hybridized carbons (Fsp3) is 0.444. The maximum Gasteiger partial charge on any atom is 0.339 e. The predicted molar refractivity (Wildman–Crippen MR) is 139 cm³/mol. The van der Waals surface area contributed by atoms with Crippen molar-refractivity contribution in [2.24, 2.45) is 0 Å². The zero-order valence-electron chi connectivity index (χ0n) is 21.9. The zero-order valence-corrected chi connectivity index (χ0v) is 22.7. The van der Waals surface area contributed by atoms with Crippen LogP contribution in [0.1, 0.15) is 49.4 Å². The van der Waals surface area contributed by atoms with E-state index in [0.29, 0.717) is 21.9 Å². The topological polar surface area (TPSA) is 73.7 Å². The number of nitrogens with zero attached hydrogens (tertiary/aromatic N) is 3. The van der Waals surface area contributed by atoms with Crippen LogP contribution in [0.25, 0.3) is 22.2 Å². The molecule has 3 rings (SSSR count). The van der Waals surface area contributed by atoms with Crippen LogP contribution in [-0.2, 0) is 25.6 Å². The average molecular weight is 500 g/mol. The molecule has 0 aliphatic carbocycles. The van der Waals surface area contributed by atoms with Crippen LogP contribution in [0.5, 0.6) is 0 Å². The number of fused-ring (bicyclic) bond motifs is 1. The van der Waals surface area contributed by atoms with Crippen molar-refractivity contribution in [2.75, 3.05) is 21.2 Å². The molecule has 2 heterocycles. The van der Waals surface area contributed by atoms with Crippen LogP contribution >= 0.6 is 11.6 Å². The van der Waals surface area contributed by atoms with Crippen molar-refractivity contribution in [2.45, 2.75) is 59.8 Å². The Labute approximate surface area is 212 Å². The third kappa shape index (κ3) is 5.36. The Kier molecular flexibility index (Phi) is 7.62. The lowest BCUT2D eigenvalue weighted by Crippen LogP contribution is -2.29. The van der Waals surface area contributed by atoms with E-state index < -0.39 is 17.7 Å². The van der Waals surface area contributed by atoms with Gasteiger partial charge in [0.1, 0.15) is 12.2 Å². The number of hydrogen-bond donors (Lipinski definition) is 0. The van der Waals surface area contributed by atoms with Crippen LogP contribution in [-0.4, -0.2) is 53.1 Å². The van der Waals surface area contributed by atoms with E-state index in [1.807, 2.05) is 70.4 Å². The van der Waals surface area contributed by atoms with E-state index >= 15 is 0 Å². The van der Waals surface area contributed by atoms with Crippen molar-refractivity contribution in [1.29, 1.82) is 0 Å². The molecule has 0 radical (unpaired) electrons. The number of carbonyl (C=O) groups is 2. The van der Waals surface area contributed by atoms with E-state index in [0.717, 1.165) is 27.8 Å². The van der Waals surface area contributed by atoms with Crippen molar-refractivity contribution in [1.82, 2.24) is 14.5 Å². The van der Waals surface area contributed by atoms with Gasteiger partial charge in [0.2, 0.25) is 5.91 Å². The lowest BCUT2D eigenvalue weighted by atomic mass is 9.91. The van der Waals surface area contributed by atoms with Gasteiger partial charge in [-0.2, -0.15) is 0 Å². The number of halogens is 1. The van der Waals surface area contributed by atoms with Crippen molar-refractivity contribution in [3.05, 3.63) is 51.8 Å². The first-order valence-electron chi connectivity index (χ1n) is 11.5. The molecule has 2 aromatic heterocycles. The predicted octanol–water partition coefficient (Wildman–Crippen LogP) is 5.40. The second-order valence-corrected chi connectivity index (χ2v) is 10.3. The molecule has 0 bridgehead atoms. The number of likely N-dealkylation sites (N-methyl/N-ethyl adjacent to an activating group) is 1. The molecule has 3 aromatic rings. The Morgan fingerprint density at radius 3 is 2.23 bits per heavy atom. The monoisotopic (exact) mass is 499 g/mol. The highest BCUT2D eigenvalue weighted by atomic mass is 35.5. The molecule has 0 spiro atoms. The molecule has 1 aromatic carbocycles. The fourth-order valence-corrected chi connectivity index (χ4v) is 4.31. The van der Waals surface area contributed by atoms with Gasteiger partial charge in [-0.3, -0.25) is 4.79 Å². The number of benzene rings is 1. The van der Waals surface area contributed by atoms with E-state index in [1.54, 1.807) is 19.0 Å². The first-order chi connectivity index (χ1) is 16.3. The van der Waals surface area contributed by atoms with Gasteiger partial charge in [-0.1, -0.05) is 23.7 Å². The SMILES string of the molecule is COC(=O)C(OC(C)(C)C)c1c(C)nc2c(c(C)c(C)n2CC(=O)N(C)C)c1-c1ccc(Cl)cc1. The zero-order chi connectivity index (χ0) is 26.2. The summed E-state index contributed by atoms with van der Waals surface area (Å²) in [5.74, 6) is -0.541. The van der Waals surface area contributed by atoms with Crippen molar-refractivity contribution in [3.8, 4) is 11.1 Å². The molecule has 0 aliphatic rings. The van der Waals surface area contributed by atoms with Gasteiger partial charge in [-0.25, -0.2) is 9.78 Å². The van der Waals surface area contributed by atoms with Crippen LogP contribution in [0.4, 0.5) is 0 Å². The van der Waals surface area contributed by atoms with E-state index in [4.69, 9.17) is 26.1 Å². The minimum absolute atomic E-state index is 0.0370. The maximum atomic E-state index is 13.0. The number of amides is 1. The number of esters is 1. The molecule has 35 heavy (non-hydrogen) atoms. The molecule has 0 fully saturated rings. The molecule has 1 atom stereocenters. The number of pyridine rings is 1. The number of hydrogen-bond acceptors (Lipinski definition) is 5. The Balaban J connectivity index is 2.46. The summed E-state index contributed by atoms with van der Waals surface area (Å²) in [6.45, 7) is 11.7. The third-order valence-corrected chi connectivity index (χ3v) is 6.31. The van der Waals surface area contributed by atoms with Gasteiger partial charge in [0, 0.05) is 47.0 Å². The molecule has 8 heteroatoms. The summed E-state index contributed by atoms with van der Waals surface area (Å²) in [6.07, 6.45) is -0.992. The summed E-state index contributed by atoms with van der Waals surface area (Å²) in [5, 5.41) is 1.47. The fourth-order valence-electron chi connectivity index (χ4n) is 4.19. The van der Waals surface area contributed by atoms with Gasteiger partial charge in [-0.05, 0) is 64.8 Å². The van der Waals surface area contributed by atoms with E-state index in [2.05, 4.69) is 0 Å². The summed E-state index contributed by atoms with van der Waals surface area (Å²) in [7, 11) is 4.82. The third-order valence-electron chi connectivity index (χ3n) is 6.06. The normalized spacial score (nSPS) is 12.6. The average Bonchev–Trinajstić information content (AvgIpc) is 3.00. The maximum absolute atomic E-state index is 13.0. The second kappa shape index (κ2) is 9.99. The Morgan fingerprint density at radius 1 is 1.11 bits per heavy atom. The molecule has 0 N–H and O–H groups in total. The highest BCUT2D eigenvalue weighted by Crippen LogP contribution is 2.42. The van der Waals surface area contributed by atoms with Crippen LogP contribution in [0.3, 0.4) is 0 Å². The quantitative estimate of drug-likeness (QED) is 0.424. The van der Waals surface area contributed by atoms with Crippen molar-refractivity contribution < 1.29 is 19.1 Å². The molecule has 1 amide bonds. The van der Waals surface area contributed by atoms with E-state index in [9.17, 15) is 9.59 Å². The lowest BCUT2D eigenvalue weighted by Gasteiger charge is -2.29. The number of rotatable bonds is 6. The Morgan fingerprint density at radius 2 is 1.71 bits per heavy atom. The highest BCUT2D eigenvalue weighted by molar-refractivity contribution is 6.30. The molecular formula is C27H34ClN3O4. The minimum atomic E-state index is -0.992. The van der Waals surface area contributed by atoms with E-state index in [-0.39, 0.29) is 12.5 Å². The van der Waals surface area contributed by atoms with Gasteiger partial charge < -0.3 is 18.9 Å². The second-order valence-electron chi connectivity index (χ2n) is 9.91. The Hall–Kier alpha value is -2.90. The smallest absolute Gasteiger partial charge is 0.339 e. The standard InChI is InChI=1S/C27H34ClN3O4/c1-15-17(3)31(14-20(32)30(7)8)25-21(15)23(18-10-12-19(28)13-11-18)22(16(2)29-25)24(26(33)34-9)35-27(4,5)6/h10-13,24H,14H2,1-9H3. The van der Waals surface area contributed by atoms with Gasteiger partial charge in [0.25, 0.3) is 0 Å². The van der Waals surface area contributed by atoms with Crippen LogP contribution in [0.15, 0.2) is 24.3 Å². The number of ether oxygens (including phenoxy) is 2. The molecule has 1 unspecified atom stereocenters. The Bertz CT molecular complexity index is 1270. The van der Waals surface area contributed by atoms with Gasteiger partial charge in [0.05, 0.1) is 12.7 Å². The lowest BCUT2D eigenvalue weighted by molar-refractivity contribution is -0.164. The molecule has 7 nitrogen and oxygen atoms in total. The molecular weight excluding hydrogens is 466 g/mol. The van der Waals surface area contributed by atoms with Gasteiger partial charge >= 0.3 is 5.97 Å². The summed E-state index contributed by atoms with van der Waals surface area (Å²) in [4.78, 5) is 32.2. The van der Waals surface area contributed by atoms with Crippen molar-refractivity contribution in [3.63, 3.8) is 0 Å². The highest BCUT2D eigenvalue weighted by Gasteiger charge is 2.34. The van der Waals surface area contributed by atoms with Crippen LogP contribution in [0.2, 0.25) is 5.02 Å². The summed E-state index contributed by atoms with van der Waals surface area (Å²) >= 11 is 6.20. The number of carbonyl (C=O) groups excluding carboxylic acids is 2. The number of aromatic nitrogens is 2. The first kappa shape index (κ1) is 26.7. The first-order valence-corrected chi connectivity index (χ1v) is 11.9. The summed E-state index contributed by atoms with van der Waals surface area (Å²) in [6, 6.07) is 7.47. The molecule has 0 aliphatic heterocycles. The summed E-state index contributed by atoms with van der Waals surface area (Å²) < 4.78 is 13.3. The molecule has 0 saturated carbocycles.